The number of benzene rings is 1. The van der Waals surface area contributed by atoms with E-state index < -0.39 is 19.3 Å². The van der Waals surface area contributed by atoms with Gasteiger partial charge in [0.1, 0.15) is 6.61 Å². The SMILES string of the molecule is C[C@@H](O[Si](C)(C)C)[C@H]1C(=O)N[C@@H]1[C@H]1SCCC(SCCNC(=O)OCc2ccc([N+](=O)[O-])cc2)C1=O. The first-order valence-electron chi connectivity index (χ1n) is 11.9. The number of nitrogens with zero attached hydrogens (tertiary/aromatic N) is 1. The molecule has 5 atom stereocenters. The number of nitro groups is 1. The monoisotopic (exact) mass is 555 g/mol. The molecule has 13 heteroatoms. The van der Waals surface area contributed by atoms with E-state index in [4.69, 9.17) is 9.16 Å². The number of hydrogen-bond donors (Lipinski definition) is 2. The highest BCUT2D eigenvalue weighted by Gasteiger charge is 2.52. The summed E-state index contributed by atoms with van der Waals surface area (Å²) >= 11 is 3.11. The number of carbonyl (C=O) groups is 3. The molecule has 0 saturated carbocycles. The zero-order chi connectivity index (χ0) is 26.5. The van der Waals surface area contributed by atoms with Crippen LogP contribution in [-0.4, -0.2) is 71.7 Å². The van der Waals surface area contributed by atoms with Crippen LogP contribution in [-0.2, 0) is 25.4 Å². The van der Waals surface area contributed by atoms with Crippen LogP contribution in [0.5, 0.6) is 0 Å². The molecule has 2 N–H and O–H groups in total. The van der Waals surface area contributed by atoms with E-state index in [0.29, 0.717) is 17.9 Å². The smallest absolute Gasteiger partial charge is 0.407 e. The van der Waals surface area contributed by atoms with Crippen LogP contribution in [0.25, 0.3) is 0 Å². The number of rotatable bonds is 11. The third-order valence-electron chi connectivity index (χ3n) is 5.85. The molecular weight excluding hydrogens is 522 g/mol. The first kappa shape index (κ1) is 28.5. The maximum Gasteiger partial charge on any atom is 0.407 e. The highest BCUT2D eigenvalue weighted by atomic mass is 32.2. The number of ether oxygens (including phenoxy) is 1. The number of non-ortho nitro benzene ring substituents is 1. The van der Waals surface area contributed by atoms with E-state index in [1.807, 2.05) is 6.92 Å². The number of Topliss-reactive ketones (excluding diaryl/α,β-unsaturated/α-hetero) is 1. The average Bonchev–Trinajstić information content (AvgIpc) is 2.79. The summed E-state index contributed by atoms with van der Waals surface area (Å²) < 4.78 is 11.3. The van der Waals surface area contributed by atoms with Crippen LogP contribution in [0.4, 0.5) is 10.5 Å². The van der Waals surface area contributed by atoms with Crippen molar-refractivity contribution in [3.05, 3.63) is 39.9 Å². The Morgan fingerprint density at radius 2 is 2.00 bits per heavy atom. The number of β-lactam (4-membered cyclic amide) rings is 1. The lowest BCUT2D eigenvalue weighted by atomic mass is 9.82. The van der Waals surface area contributed by atoms with Crippen molar-refractivity contribution in [2.24, 2.45) is 5.92 Å². The minimum atomic E-state index is -1.81. The summed E-state index contributed by atoms with van der Waals surface area (Å²) in [4.78, 5) is 47.6. The van der Waals surface area contributed by atoms with E-state index in [0.717, 1.165) is 12.2 Å². The van der Waals surface area contributed by atoms with Gasteiger partial charge in [0.05, 0.1) is 33.5 Å². The number of alkyl carbamates (subject to hydrolysis) is 1. The summed E-state index contributed by atoms with van der Waals surface area (Å²) in [5, 5.41) is 15.8. The van der Waals surface area contributed by atoms with Crippen molar-refractivity contribution in [1.82, 2.24) is 10.6 Å². The van der Waals surface area contributed by atoms with Gasteiger partial charge in [-0.15, -0.1) is 23.5 Å². The van der Waals surface area contributed by atoms with E-state index in [-0.39, 0.29) is 52.5 Å². The Bertz CT molecular complexity index is 973. The van der Waals surface area contributed by atoms with Crippen LogP contribution in [0, 0.1) is 16.0 Å². The quantitative estimate of drug-likeness (QED) is 0.138. The molecule has 2 saturated heterocycles. The van der Waals surface area contributed by atoms with Crippen LogP contribution in [0.1, 0.15) is 18.9 Å². The summed E-state index contributed by atoms with van der Waals surface area (Å²) in [6.45, 7) is 8.52. The lowest BCUT2D eigenvalue weighted by Crippen LogP contribution is -2.68. The van der Waals surface area contributed by atoms with Crippen molar-refractivity contribution in [3.8, 4) is 0 Å². The summed E-state index contributed by atoms with van der Waals surface area (Å²) in [5.41, 5.74) is 0.621. The minimum absolute atomic E-state index is 0.00506. The molecule has 0 radical (unpaired) electrons. The van der Waals surface area contributed by atoms with E-state index >= 15 is 0 Å². The van der Waals surface area contributed by atoms with Crippen molar-refractivity contribution >= 4 is 55.3 Å². The second-order valence-electron chi connectivity index (χ2n) is 9.76. The number of amides is 2. The maximum atomic E-state index is 13.2. The number of carbonyl (C=O) groups excluding carboxylic acids is 3. The van der Waals surface area contributed by atoms with Crippen LogP contribution in [0.15, 0.2) is 24.3 Å². The summed E-state index contributed by atoms with van der Waals surface area (Å²) in [7, 11) is -1.81. The molecule has 0 aliphatic carbocycles. The fourth-order valence-corrected chi connectivity index (χ4v) is 8.24. The van der Waals surface area contributed by atoms with E-state index in [2.05, 4.69) is 30.3 Å². The molecular formula is C23H33N3O7S2Si. The van der Waals surface area contributed by atoms with Crippen LogP contribution < -0.4 is 10.6 Å². The van der Waals surface area contributed by atoms with E-state index in [1.54, 1.807) is 11.8 Å². The van der Waals surface area contributed by atoms with Gasteiger partial charge in [-0.2, -0.15) is 0 Å². The molecule has 2 fully saturated rings. The van der Waals surface area contributed by atoms with E-state index in [9.17, 15) is 24.5 Å². The first-order valence-corrected chi connectivity index (χ1v) is 17.4. The standard InChI is InChI=1S/C23H33N3O7S2Si/c1-14(33-36(2,3)4)18-19(25-22(18)28)21-20(27)17(9-11-35-21)34-12-10-24-23(29)32-13-15-5-7-16(8-6-15)26(30)31/h5-8,14,17-19,21H,9-13H2,1-4H3,(H,24,29)(H,25,28)/t14-,17?,18-,19+,21-/m1/s1. The molecule has 198 valence electrons. The van der Waals surface area contributed by atoms with Crippen molar-refractivity contribution in [3.63, 3.8) is 0 Å². The van der Waals surface area contributed by atoms with Gasteiger partial charge in [0.15, 0.2) is 14.1 Å². The van der Waals surface area contributed by atoms with E-state index in [1.165, 1.54) is 36.0 Å². The predicted molar refractivity (Wildman–Crippen MR) is 143 cm³/mol. The van der Waals surface area contributed by atoms with Crippen LogP contribution in [0.3, 0.4) is 0 Å². The molecule has 3 rings (SSSR count). The molecule has 0 aromatic heterocycles. The largest absolute Gasteiger partial charge is 0.445 e. The van der Waals surface area contributed by atoms with Gasteiger partial charge in [-0.25, -0.2) is 4.79 Å². The van der Waals surface area contributed by atoms with Crippen molar-refractivity contribution in [2.75, 3.05) is 18.1 Å². The third kappa shape index (κ3) is 7.70. The number of thioether (sulfide) groups is 2. The Morgan fingerprint density at radius 1 is 1.31 bits per heavy atom. The molecule has 2 aliphatic rings. The molecule has 36 heavy (non-hydrogen) atoms. The Morgan fingerprint density at radius 3 is 2.61 bits per heavy atom. The Labute approximate surface area is 220 Å². The molecule has 0 bridgehead atoms. The fourth-order valence-electron chi connectivity index (χ4n) is 4.24. The van der Waals surface area contributed by atoms with Gasteiger partial charge >= 0.3 is 6.09 Å². The fraction of sp³-hybridized carbons (Fsp3) is 0.609. The van der Waals surface area contributed by atoms with Crippen molar-refractivity contribution < 1.29 is 28.5 Å². The summed E-state index contributed by atoms with van der Waals surface area (Å²) in [5.74, 6) is 1.16. The minimum Gasteiger partial charge on any atom is -0.445 e. The normalized spacial score (nSPS) is 24.9. The zero-order valence-electron chi connectivity index (χ0n) is 20.9. The predicted octanol–water partition coefficient (Wildman–Crippen LogP) is 3.35. The highest BCUT2D eigenvalue weighted by molar-refractivity contribution is 8.03. The molecule has 2 amide bonds. The second-order valence-corrected chi connectivity index (χ2v) is 16.8. The number of nitro benzene ring substituents is 1. The molecule has 2 heterocycles. The Balaban J connectivity index is 1.40. The van der Waals surface area contributed by atoms with Gasteiger partial charge < -0.3 is 19.8 Å². The number of hydrogen-bond acceptors (Lipinski definition) is 9. The molecule has 1 unspecified atom stereocenters. The topological polar surface area (TPSA) is 137 Å². The van der Waals surface area contributed by atoms with Gasteiger partial charge in [0.2, 0.25) is 5.91 Å². The van der Waals surface area contributed by atoms with Crippen LogP contribution >= 0.6 is 23.5 Å². The highest BCUT2D eigenvalue weighted by Crippen LogP contribution is 2.37. The van der Waals surface area contributed by atoms with Gasteiger partial charge in [0.25, 0.3) is 5.69 Å². The van der Waals surface area contributed by atoms with Crippen molar-refractivity contribution in [1.29, 1.82) is 0 Å². The first-order chi connectivity index (χ1) is 17.0. The Hall–Kier alpha value is -2.09. The van der Waals surface area contributed by atoms with Crippen LogP contribution in [0.2, 0.25) is 19.6 Å². The summed E-state index contributed by atoms with van der Waals surface area (Å²) in [6.07, 6.45) is -0.0616. The zero-order valence-corrected chi connectivity index (χ0v) is 23.5. The molecule has 0 spiro atoms. The number of ketones is 1. The summed E-state index contributed by atoms with van der Waals surface area (Å²) in [6, 6.07) is 5.58. The molecule has 10 nitrogen and oxygen atoms in total. The molecule has 1 aromatic carbocycles. The molecule has 2 aliphatic heterocycles. The van der Waals surface area contributed by atoms with Gasteiger partial charge in [0, 0.05) is 24.4 Å². The van der Waals surface area contributed by atoms with Gasteiger partial charge in [-0.05, 0) is 56.4 Å². The van der Waals surface area contributed by atoms with Gasteiger partial charge in [-0.3, -0.25) is 19.7 Å². The Kier molecular flexibility index (Phi) is 9.84. The lowest BCUT2D eigenvalue weighted by molar-refractivity contribution is -0.384. The maximum absolute atomic E-state index is 13.2. The lowest BCUT2D eigenvalue weighted by Gasteiger charge is -2.46. The second kappa shape index (κ2) is 12.4. The molecule has 1 aromatic rings. The number of nitrogens with one attached hydrogen (secondary N) is 2. The van der Waals surface area contributed by atoms with Gasteiger partial charge in [-0.1, -0.05) is 0 Å². The van der Waals surface area contributed by atoms with Crippen molar-refractivity contribution in [2.45, 2.75) is 62.2 Å². The average molecular weight is 556 g/mol. The third-order valence-corrected chi connectivity index (χ3v) is 9.60.